The summed E-state index contributed by atoms with van der Waals surface area (Å²) in [7, 11) is 0. The third-order valence-electron chi connectivity index (χ3n) is 3.31. The van der Waals surface area contributed by atoms with E-state index in [2.05, 4.69) is 15.6 Å². The lowest BCUT2D eigenvalue weighted by molar-refractivity contribution is 0.0459. The van der Waals surface area contributed by atoms with Crippen LogP contribution in [0.1, 0.15) is 0 Å². The van der Waals surface area contributed by atoms with Crippen LogP contribution in [0.2, 0.25) is 5.02 Å². The Morgan fingerprint density at radius 2 is 1.75 bits per heavy atom. The Morgan fingerprint density at radius 3 is 2.29 bits per heavy atom. The number of benzene rings is 1. The summed E-state index contributed by atoms with van der Waals surface area (Å²) >= 11 is 5.83. The summed E-state index contributed by atoms with van der Waals surface area (Å²) in [5.74, 6) is -0.793. The van der Waals surface area contributed by atoms with E-state index in [4.69, 9.17) is 27.8 Å². The summed E-state index contributed by atoms with van der Waals surface area (Å²) < 4.78 is 5.69. The van der Waals surface area contributed by atoms with Crippen molar-refractivity contribution in [2.24, 2.45) is 16.5 Å². The summed E-state index contributed by atoms with van der Waals surface area (Å²) in [6.07, 6.45) is 1.30. The first-order valence-electron chi connectivity index (χ1n) is 7.03. The van der Waals surface area contributed by atoms with E-state index >= 15 is 0 Å². The van der Waals surface area contributed by atoms with Gasteiger partial charge in [0.1, 0.15) is 17.1 Å². The third kappa shape index (κ3) is 4.35. The minimum Gasteiger partial charge on any atom is -0.452 e. The van der Waals surface area contributed by atoms with Crippen molar-refractivity contribution in [1.29, 1.82) is 0 Å². The Morgan fingerprint density at radius 1 is 1.17 bits per heavy atom. The van der Waals surface area contributed by atoms with Gasteiger partial charge < -0.3 is 30.7 Å². The van der Waals surface area contributed by atoms with Gasteiger partial charge in [-0.2, -0.15) is 0 Å². The Hall–Kier alpha value is -1.88. The molecule has 9 nitrogen and oxygen atoms in total. The van der Waals surface area contributed by atoms with Crippen molar-refractivity contribution in [3.05, 3.63) is 40.9 Å². The molecule has 9 N–H and O–H groups in total. The Balaban J connectivity index is 2.32. The molecule has 1 aliphatic rings. The van der Waals surface area contributed by atoms with Crippen LogP contribution in [0.15, 0.2) is 40.8 Å². The molecule has 0 saturated heterocycles. The fraction of sp³-hybridized carbons (Fsp3) is 0.357. The van der Waals surface area contributed by atoms with Crippen LogP contribution in [-0.2, 0) is 0 Å². The molecule has 0 atom stereocenters. The third-order valence-corrected chi connectivity index (χ3v) is 3.56. The summed E-state index contributed by atoms with van der Waals surface area (Å²) in [5.41, 5.74) is 10.0. The van der Waals surface area contributed by atoms with Crippen molar-refractivity contribution in [3.8, 4) is 5.75 Å². The second kappa shape index (κ2) is 7.34. The molecule has 0 fully saturated rings. The predicted octanol–water partition coefficient (Wildman–Crippen LogP) is -1.60. The molecule has 24 heavy (non-hydrogen) atoms. The highest BCUT2D eigenvalue weighted by molar-refractivity contribution is 6.30. The molecule has 1 heterocycles. The van der Waals surface area contributed by atoms with Crippen LogP contribution in [-0.4, -0.2) is 52.8 Å². The molecule has 0 spiro atoms. The summed E-state index contributed by atoms with van der Waals surface area (Å²) in [6.45, 7) is -1.63. The van der Waals surface area contributed by atoms with Gasteiger partial charge in [-0.05, 0) is 24.3 Å². The van der Waals surface area contributed by atoms with Crippen LogP contribution in [0.25, 0.3) is 0 Å². The zero-order chi connectivity index (χ0) is 17.8. The van der Waals surface area contributed by atoms with Crippen LogP contribution in [0.3, 0.4) is 0 Å². The minimum atomic E-state index is -1.61. The van der Waals surface area contributed by atoms with Gasteiger partial charge in [-0.3, -0.25) is 11.5 Å². The molecule has 1 aromatic rings. The lowest BCUT2D eigenvalue weighted by Gasteiger charge is -2.36. The van der Waals surface area contributed by atoms with Gasteiger partial charge in [-0.1, -0.05) is 11.6 Å². The highest BCUT2D eigenvalue weighted by Gasteiger charge is 2.33. The van der Waals surface area contributed by atoms with E-state index in [0.29, 0.717) is 10.8 Å². The monoisotopic (exact) mass is 357 g/mol. The molecule has 0 bridgehead atoms. The van der Waals surface area contributed by atoms with Crippen molar-refractivity contribution in [1.82, 2.24) is 10.6 Å². The zero-order valence-corrected chi connectivity index (χ0v) is 13.5. The molecule has 2 rings (SSSR count). The molecular formula is C14H20ClN5O4. The van der Waals surface area contributed by atoms with Gasteiger partial charge >= 0.3 is 0 Å². The van der Waals surface area contributed by atoms with Crippen molar-refractivity contribution in [2.45, 2.75) is 11.4 Å². The first-order valence-corrected chi connectivity index (χ1v) is 7.40. The second-order valence-corrected chi connectivity index (χ2v) is 5.82. The van der Waals surface area contributed by atoms with Crippen LogP contribution >= 0.6 is 11.6 Å². The Bertz CT molecular complexity index is 620. The SMILES string of the molecule is NC1(N)N=CC(Oc2ccc(Cl)cc2)=C(NC(CO)(CO)CO)N1. The number of aliphatic hydroxyl groups excluding tert-OH is 3. The van der Waals surface area contributed by atoms with Crippen LogP contribution in [0, 0.1) is 0 Å². The lowest BCUT2D eigenvalue weighted by atomic mass is 10.0. The number of hydrogen-bond acceptors (Lipinski definition) is 9. The highest BCUT2D eigenvalue weighted by Crippen LogP contribution is 2.20. The van der Waals surface area contributed by atoms with E-state index in [1.54, 1.807) is 24.3 Å². The van der Waals surface area contributed by atoms with Crippen molar-refractivity contribution in [3.63, 3.8) is 0 Å². The fourth-order valence-corrected chi connectivity index (χ4v) is 1.98. The number of nitrogens with one attached hydrogen (secondary N) is 2. The van der Waals surface area contributed by atoms with E-state index in [9.17, 15) is 15.3 Å². The lowest BCUT2D eigenvalue weighted by Crippen LogP contribution is -2.66. The topological polar surface area (TPSA) is 158 Å². The average molecular weight is 358 g/mol. The maximum absolute atomic E-state index is 9.46. The van der Waals surface area contributed by atoms with E-state index in [1.165, 1.54) is 6.21 Å². The van der Waals surface area contributed by atoms with Gasteiger partial charge in [0.2, 0.25) is 5.91 Å². The van der Waals surface area contributed by atoms with E-state index in [1.807, 2.05) is 0 Å². The fourth-order valence-electron chi connectivity index (χ4n) is 1.86. The van der Waals surface area contributed by atoms with E-state index in [0.717, 1.165) is 0 Å². The molecule has 0 unspecified atom stereocenters. The maximum atomic E-state index is 9.46. The van der Waals surface area contributed by atoms with Crippen molar-refractivity contribution in [2.75, 3.05) is 19.8 Å². The van der Waals surface area contributed by atoms with E-state index < -0.39 is 31.3 Å². The molecule has 0 amide bonds. The maximum Gasteiger partial charge on any atom is 0.240 e. The number of ether oxygens (including phenoxy) is 1. The van der Waals surface area contributed by atoms with Crippen molar-refractivity contribution >= 4 is 17.8 Å². The Labute approximate surface area is 143 Å². The molecule has 132 valence electrons. The van der Waals surface area contributed by atoms with Gasteiger partial charge in [-0.25, -0.2) is 4.99 Å². The van der Waals surface area contributed by atoms with Crippen LogP contribution < -0.4 is 26.8 Å². The Kier molecular flexibility index (Phi) is 5.65. The first-order chi connectivity index (χ1) is 11.3. The molecular weight excluding hydrogens is 338 g/mol. The number of allylic oxidation sites excluding steroid dienone is 1. The largest absolute Gasteiger partial charge is 0.452 e. The predicted molar refractivity (Wildman–Crippen MR) is 89.0 cm³/mol. The molecule has 0 aromatic heterocycles. The molecule has 1 aromatic carbocycles. The number of aliphatic imine (C=N–C) groups is 1. The zero-order valence-electron chi connectivity index (χ0n) is 12.7. The standard InChI is InChI=1S/C14H20ClN5O4/c15-9-1-3-10(4-2-9)24-11-5-18-14(16,17)20-12(11)19-13(6-21,7-22)8-23/h1-5,19-23H,6-8,16-17H2. The van der Waals surface area contributed by atoms with Gasteiger partial charge in [0.25, 0.3) is 0 Å². The number of nitrogens with zero attached hydrogens (tertiary/aromatic N) is 1. The van der Waals surface area contributed by atoms with Crippen LogP contribution in [0.5, 0.6) is 5.75 Å². The number of rotatable bonds is 7. The first kappa shape index (κ1) is 18.5. The smallest absolute Gasteiger partial charge is 0.240 e. The minimum absolute atomic E-state index is 0.155. The van der Waals surface area contributed by atoms with Gasteiger partial charge in [0.15, 0.2) is 5.76 Å². The highest BCUT2D eigenvalue weighted by atomic mass is 35.5. The van der Waals surface area contributed by atoms with Gasteiger partial charge in [0.05, 0.1) is 26.0 Å². The molecule has 1 aliphatic heterocycles. The number of nitrogens with two attached hydrogens (primary N) is 2. The second-order valence-electron chi connectivity index (χ2n) is 5.38. The normalized spacial score (nSPS) is 16.8. The number of aliphatic hydroxyl groups is 3. The summed E-state index contributed by atoms with van der Waals surface area (Å²) in [4.78, 5) is 3.90. The molecule has 0 aliphatic carbocycles. The average Bonchev–Trinajstić information content (AvgIpc) is 2.57. The van der Waals surface area contributed by atoms with E-state index in [-0.39, 0.29) is 11.6 Å². The summed E-state index contributed by atoms with van der Waals surface area (Å²) in [6, 6.07) is 6.58. The molecule has 10 heteroatoms. The van der Waals surface area contributed by atoms with Crippen molar-refractivity contribution < 1.29 is 20.1 Å². The van der Waals surface area contributed by atoms with Gasteiger partial charge in [-0.15, -0.1) is 0 Å². The number of halogens is 1. The molecule has 0 radical (unpaired) electrons. The van der Waals surface area contributed by atoms with Crippen LogP contribution in [0.4, 0.5) is 0 Å². The summed E-state index contributed by atoms with van der Waals surface area (Å²) in [5, 5.41) is 34.4. The quantitative estimate of drug-likeness (QED) is 0.287. The molecule has 0 saturated carbocycles. The number of hydrogen-bond donors (Lipinski definition) is 7. The van der Waals surface area contributed by atoms with Gasteiger partial charge in [0, 0.05) is 5.02 Å².